The van der Waals surface area contributed by atoms with Crippen molar-refractivity contribution >= 4 is 63.5 Å². The predicted octanol–water partition coefficient (Wildman–Crippen LogP) is 0.169. The number of fused-ring (bicyclic) bond motifs is 1. The molecule has 0 radical (unpaired) electrons. The second-order valence-electron chi connectivity index (χ2n) is 7.27. The van der Waals surface area contributed by atoms with Crippen molar-refractivity contribution in [2.75, 3.05) is 23.8 Å². The highest BCUT2D eigenvalue weighted by molar-refractivity contribution is 8.01. The van der Waals surface area contributed by atoms with Crippen LogP contribution in [0.25, 0.3) is 0 Å². The molecule has 2 aromatic heterocycles. The summed E-state index contributed by atoms with van der Waals surface area (Å²) >= 11 is 3.75. The summed E-state index contributed by atoms with van der Waals surface area (Å²) in [4.78, 5) is 48.3. The number of hydrogen-bond acceptors (Lipinski definition) is 13. The summed E-state index contributed by atoms with van der Waals surface area (Å²) in [5.74, 6) is -1.82. The number of nitrogens with zero attached hydrogens (tertiary/aromatic N) is 7. The lowest BCUT2D eigenvalue weighted by molar-refractivity contribution is -0.150. The second-order valence-corrected chi connectivity index (χ2v) is 10.2. The first-order valence-corrected chi connectivity index (χ1v) is 13.4. The first-order chi connectivity index (χ1) is 17.3. The molecule has 0 aliphatic carbocycles. The number of rotatable bonds is 11. The van der Waals surface area contributed by atoms with E-state index in [2.05, 4.69) is 37.6 Å². The van der Waals surface area contributed by atoms with Crippen molar-refractivity contribution in [2.24, 2.45) is 5.16 Å². The topological polar surface area (TPSA) is 191 Å². The molecule has 17 heteroatoms. The monoisotopic (exact) mass is 551 g/mol. The van der Waals surface area contributed by atoms with E-state index >= 15 is 0 Å². The molecule has 2 amide bonds. The molecule has 4 N–H and O–H groups in total. The number of thiazole rings is 1. The van der Waals surface area contributed by atoms with Crippen LogP contribution in [0.3, 0.4) is 0 Å². The van der Waals surface area contributed by atoms with Gasteiger partial charge in [-0.1, -0.05) is 23.0 Å². The van der Waals surface area contributed by atoms with Gasteiger partial charge in [-0.25, -0.2) is 14.5 Å². The van der Waals surface area contributed by atoms with E-state index in [0.29, 0.717) is 23.0 Å². The van der Waals surface area contributed by atoms with Gasteiger partial charge in [0.15, 0.2) is 10.8 Å². The van der Waals surface area contributed by atoms with Crippen LogP contribution in [0.2, 0.25) is 0 Å². The normalized spacial score (nSPS) is 19.5. The number of β-lactam (4-membered cyclic amide) rings is 1. The molecule has 1 saturated heterocycles. The first kappa shape index (κ1) is 25.6. The number of aromatic nitrogens is 5. The number of hydrogen-bond donors (Lipinski definition) is 3. The van der Waals surface area contributed by atoms with E-state index in [9.17, 15) is 19.5 Å². The maximum atomic E-state index is 13.0. The summed E-state index contributed by atoms with van der Waals surface area (Å²) < 4.78 is 1.54. The fourth-order valence-corrected chi connectivity index (χ4v) is 6.34. The second kappa shape index (κ2) is 11.1. The molecule has 190 valence electrons. The molecular weight excluding hydrogens is 530 g/mol. The van der Waals surface area contributed by atoms with Crippen molar-refractivity contribution in [2.45, 2.75) is 30.0 Å². The van der Waals surface area contributed by atoms with Gasteiger partial charge in [-0.2, -0.15) is 0 Å². The van der Waals surface area contributed by atoms with Gasteiger partial charge in [0.1, 0.15) is 29.4 Å². The number of aliphatic carboxylic acids is 1. The van der Waals surface area contributed by atoms with Gasteiger partial charge >= 0.3 is 5.97 Å². The average Bonchev–Trinajstić information content (AvgIpc) is 3.49. The Bertz CT molecular complexity index is 1260. The number of allylic oxidation sites excluding steroid dienone is 1. The Kier molecular flexibility index (Phi) is 7.90. The van der Waals surface area contributed by atoms with Crippen molar-refractivity contribution in [1.82, 2.24) is 35.4 Å². The van der Waals surface area contributed by atoms with Crippen LogP contribution in [0.4, 0.5) is 5.13 Å². The summed E-state index contributed by atoms with van der Waals surface area (Å²) in [7, 11) is 0. The largest absolute Gasteiger partial charge is 0.477 e. The Morgan fingerprint density at radius 3 is 2.97 bits per heavy atom. The number of amides is 2. The lowest BCUT2D eigenvalue weighted by Crippen LogP contribution is -2.71. The van der Waals surface area contributed by atoms with E-state index in [1.807, 2.05) is 0 Å². The zero-order valence-electron chi connectivity index (χ0n) is 18.9. The summed E-state index contributed by atoms with van der Waals surface area (Å²) in [6, 6.07) is -0.936. The number of carboxylic acid groups (broad SMARTS) is 1. The molecule has 2 aliphatic heterocycles. The van der Waals surface area contributed by atoms with Crippen LogP contribution in [0.5, 0.6) is 0 Å². The van der Waals surface area contributed by atoms with Crippen LogP contribution < -0.4 is 11.1 Å². The zero-order valence-corrected chi connectivity index (χ0v) is 21.3. The van der Waals surface area contributed by atoms with Crippen molar-refractivity contribution < 1.29 is 24.3 Å². The van der Waals surface area contributed by atoms with Crippen molar-refractivity contribution in [3.63, 3.8) is 0 Å². The highest BCUT2D eigenvalue weighted by atomic mass is 32.2. The number of anilines is 1. The molecule has 0 spiro atoms. The van der Waals surface area contributed by atoms with Crippen LogP contribution in [0.15, 0.2) is 39.6 Å². The van der Waals surface area contributed by atoms with E-state index in [4.69, 9.17) is 10.6 Å². The number of tetrazole rings is 1. The molecule has 14 nitrogen and oxygen atoms in total. The Morgan fingerprint density at radius 2 is 2.31 bits per heavy atom. The highest BCUT2D eigenvalue weighted by Gasteiger charge is 2.54. The van der Waals surface area contributed by atoms with Crippen LogP contribution in [-0.2, 0) is 25.8 Å². The number of nitrogens with one attached hydrogen (secondary N) is 1. The number of carbonyl (C=O) groups excluding carboxylic acids is 2. The Labute approximate surface area is 217 Å². The van der Waals surface area contributed by atoms with Gasteiger partial charge in [-0.15, -0.1) is 34.8 Å². The third-order valence-corrected chi connectivity index (χ3v) is 8.03. The van der Waals surface area contributed by atoms with Crippen molar-refractivity contribution in [3.05, 3.63) is 35.0 Å². The van der Waals surface area contributed by atoms with Crippen LogP contribution in [0, 0.1) is 0 Å². The zero-order chi connectivity index (χ0) is 25.8. The third kappa shape index (κ3) is 5.07. The Hall–Kier alpha value is -3.44. The van der Waals surface area contributed by atoms with Crippen LogP contribution >= 0.6 is 34.9 Å². The highest BCUT2D eigenvalue weighted by Crippen LogP contribution is 2.41. The minimum Gasteiger partial charge on any atom is -0.477 e. The number of nitrogens with two attached hydrogens (primary N) is 1. The molecule has 0 aromatic carbocycles. The smallest absolute Gasteiger partial charge is 0.352 e. The minimum atomic E-state index is -1.23. The van der Waals surface area contributed by atoms with Crippen molar-refractivity contribution in [3.8, 4) is 0 Å². The molecule has 0 bridgehead atoms. The van der Waals surface area contributed by atoms with Crippen LogP contribution in [0.1, 0.15) is 12.6 Å². The van der Waals surface area contributed by atoms with Gasteiger partial charge in [0.05, 0.1) is 6.54 Å². The van der Waals surface area contributed by atoms with E-state index in [1.165, 1.54) is 33.1 Å². The SMILES string of the molecule is C=CCn1nnnc1SCC1=C(C(=O)O)N2C(=O)C(NC(=O)C(=NOCC)c3csc(N)n3)[C@@H]2SC1. The fraction of sp³-hybridized carbons (Fsp3) is 0.368. The Morgan fingerprint density at radius 1 is 1.50 bits per heavy atom. The van der Waals surface area contributed by atoms with Crippen LogP contribution in [-0.4, -0.2) is 88.2 Å². The molecule has 1 fully saturated rings. The van der Waals surface area contributed by atoms with Gasteiger partial charge < -0.3 is 21.0 Å². The van der Waals surface area contributed by atoms with Gasteiger partial charge in [0.25, 0.3) is 11.8 Å². The average molecular weight is 552 g/mol. The maximum Gasteiger partial charge on any atom is 0.352 e. The molecule has 2 aliphatic rings. The number of carboxylic acids is 1. The molecule has 2 aromatic rings. The van der Waals surface area contributed by atoms with E-state index in [1.54, 1.807) is 18.4 Å². The number of oxime groups is 1. The summed E-state index contributed by atoms with van der Waals surface area (Å²) in [6.45, 7) is 5.99. The molecule has 2 atom stereocenters. The fourth-order valence-electron chi connectivity index (χ4n) is 3.42. The quantitative estimate of drug-likeness (QED) is 0.113. The summed E-state index contributed by atoms with van der Waals surface area (Å²) in [5, 5.41) is 29.5. The number of nitrogen functional groups attached to an aromatic ring is 1. The number of thioether (sulfide) groups is 2. The van der Waals surface area contributed by atoms with E-state index < -0.39 is 29.2 Å². The molecule has 1 unspecified atom stereocenters. The van der Waals surface area contributed by atoms with Crippen molar-refractivity contribution in [1.29, 1.82) is 0 Å². The molecule has 4 rings (SSSR count). The maximum absolute atomic E-state index is 13.0. The lowest BCUT2D eigenvalue weighted by atomic mass is 10.0. The molecular formula is C19H21N9O5S3. The standard InChI is InChI=1S/C19H21N9O5S3/c1-3-5-27-19(23-25-26-27)36-7-9-6-34-16-12(15(30)28(16)13(9)17(31)32)22-14(29)11(24-33-4-2)10-8-35-18(20)21-10/h3,8,12,16H,1,4-7H2,2H3,(H2,20,21)(H,22,29)(H,31,32)/t12?,16-/m0/s1. The minimum absolute atomic E-state index is 0.0972. The Balaban J connectivity index is 1.49. The molecule has 36 heavy (non-hydrogen) atoms. The molecule has 4 heterocycles. The van der Waals surface area contributed by atoms with Gasteiger partial charge in [-0.05, 0) is 22.9 Å². The summed E-state index contributed by atoms with van der Waals surface area (Å²) in [6.07, 6.45) is 1.64. The lowest BCUT2D eigenvalue weighted by Gasteiger charge is -2.49. The van der Waals surface area contributed by atoms with E-state index in [0.717, 1.165) is 11.3 Å². The number of carbonyl (C=O) groups is 3. The third-order valence-electron chi connectivity index (χ3n) is 4.98. The van der Waals surface area contributed by atoms with Gasteiger partial charge in [-0.3, -0.25) is 14.5 Å². The predicted molar refractivity (Wildman–Crippen MR) is 133 cm³/mol. The van der Waals surface area contributed by atoms with Gasteiger partial charge in [0, 0.05) is 16.9 Å². The summed E-state index contributed by atoms with van der Waals surface area (Å²) in [5.41, 5.74) is 6.21. The molecule has 0 saturated carbocycles. The van der Waals surface area contributed by atoms with E-state index in [-0.39, 0.29) is 34.6 Å². The van der Waals surface area contributed by atoms with Gasteiger partial charge in [0.2, 0.25) is 5.16 Å². The first-order valence-electron chi connectivity index (χ1n) is 10.5.